The number of carbonyl (C=O) groups excluding carboxylic acids is 1. The molecule has 0 bridgehead atoms. The van der Waals surface area contributed by atoms with Crippen molar-refractivity contribution >= 4 is 5.97 Å². The van der Waals surface area contributed by atoms with Gasteiger partial charge in [-0.25, -0.2) is 4.98 Å². The van der Waals surface area contributed by atoms with Gasteiger partial charge in [0.25, 0.3) is 0 Å². The zero-order chi connectivity index (χ0) is 17.8. The first kappa shape index (κ1) is 16.9. The Morgan fingerprint density at radius 3 is 2.64 bits per heavy atom. The van der Waals surface area contributed by atoms with Crippen molar-refractivity contribution in [3.8, 4) is 17.1 Å². The number of hydrogen-bond donors (Lipinski definition) is 0. The van der Waals surface area contributed by atoms with E-state index in [1.54, 1.807) is 6.92 Å². The number of ether oxygens (including phenoxy) is 1. The second kappa shape index (κ2) is 7.30. The highest BCUT2D eigenvalue weighted by Crippen LogP contribution is 2.26. The van der Waals surface area contributed by atoms with Crippen LogP contribution in [0.4, 0.5) is 0 Å². The van der Waals surface area contributed by atoms with E-state index in [9.17, 15) is 4.79 Å². The van der Waals surface area contributed by atoms with Crippen LogP contribution >= 0.6 is 0 Å². The smallest absolute Gasteiger partial charge is 0.311 e. The molecule has 2 aromatic heterocycles. The summed E-state index contributed by atoms with van der Waals surface area (Å²) < 4.78 is 7.02. The molecule has 0 radical (unpaired) electrons. The van der Waals surface area contributed by atoms with Gasteiger partial charge in [-0.2, -0.15) is 0 Å². The summed E-state index contributed by atoms with van der Waals surface area (Å²) in [6, 6.07) is 12.0. The van der Waals surface area contributed by atoms with Crippen molar-refractivity contribution in [2.45, 2.75) is 27.2 Å². The van der Waals surface area contributed by atoms with Crippen LogP contribution in [0, 0.1) is 13.8 Å². The lowest BCUT2D eigenvalue weighted by Gasteiger charge is -2.09. The number of pyridine rings is 1. The summed E-state index contributed by atoms with van der Waals surface area (Å²) in [6.45, 7) is 6.16. The molecule has 3 aromatic rings. The fourth-order valence-corrected chi connectivity index (χ4v) is 2.69. The molecule has 0 aliphatic rings. The number of aromatic nitrogens is 3. The highest BCUT2D eigenvalue weighted by Gasteiger charge is 2.16. The molecule has 0 unspecified atom stereocenters. The summed E-state index contributed by atoms with van der Waals surface area (Å²) in [4.78, 5) is 20.9. The Morgan fingerprint density at radius 1 is 1.16 bits per heavy atom. The van der Waals surface area contributed by atoms with Gasteiger partial charge in [-0.15, -0.1) is 0 Å². The average Bonchev–Trinajstić information content (AvgIpc) is 2.99. The first-order valence-electron chi connectivity index (χ1n) is 8.31. The van der Waals surface area contributed by atoms with E-state index in [-0.39, 0.29) is 12.4 Å². The fourth-order valence-electron chi connectivity index (χ4n) is 2.69. The predicted molar refractivity (Wildman–Crippen MR) is 96.6 cm³/mol. The van der Waals surface area contributed by atoms with Crippen molar-refractivity contribution in [1.29, 1.82) is 0 Å². The number of hydrogen-bond acceptors (Lipinski definition) is 4. The summed E-state index contributed by atoms with van der Waals surface area (Å²) >= 11 is 0. The first-order valence-corrected chi connectivity index (χ1v) is 8.31. The number of benzene rings is 1. The van der Waals surface area contributed by atoms with Crippen molar-refractivity contribution < 1.29 is 9.53 Å². The maximum Gasteiger partial charge on any atom is 0.311 e. The zero-order valence-corrected chi connectivity index (χ0v) is 14.7. The molecule has 25 heavy (non-hydrogen) atoms. The van der Waals surface area contributed by atoms with E-state index in [2.05, 4.69) is 4.98 Å². The molecule has 1 aromatic carbocycles. The van der Waals surface area contributed by atoms with Crippen LogP contribution in [0.3, 0.4) is 0 Å². The first-order chi connectivity index (χ1) is 12.1. The third-order valence-corrected chi connectivity index (χ3v) is 3.95. The third-order valence-electron chi connectivity index (χ3n) is 3.95. The van der Waals surface area contributed by atoms with Crippen LogP contribution in [0.5, 0.6) is 0 Å². The van der Waals surface area contributed by atoms with Gasteiger partial charge in [0, 0.05) is 17.5 Å². The number of nitrogens with zero attached hydrogens (tertiary/aromatic N) is 3. The highest BCUT2D eigenvalue weighted by molar-refractivity contribution is 5.73. The lowest BCUT2D eigenvalue weighted by molar-refractivity contribution is -0.142. The second-order valence-electron chi connectivity index (χ2n) is 5.88. The van der Waals surface area contributed by atoms with Gasteiger partial charge in [0.15, 0.2) is 0 Å². The van der Waals surface area contributed by atoms with E-state index in [4.69, 9.17) is 9.72 Å². The van der Waals surface area contributed by atoms with Crippen LogP contribution in [0.25, 0.3) is 17.1 Å². The standard InChI is InChI=1S/C20H21N3O2/c1-4-25-19(24)11-16-13-23(17-10-9-15(3)21-12-17)20(22-16)18-8-6-5-7-14(18)2/h5-10,12-13H,4,11H2,1-3H3. The van der Waals surface area contributed by atoms with Crippen molar-refractivity contribution in [1.82, 2.24) is 14.5 Å². The summed E-state index contributed by atoms with van der Waals surface area (Å²) in [6.07, 6.45) is 3.84. The minimum Gasteiger partial charge on any atom is -0.466 e. The molecule has 5 nitrogen and oxygen atoms in total. The number of rotatable bonds is 5. The topological polar surface area (TPSA) is 57.0 Å². The molecule has 0 spiro atoms. The summed E-state index contributed by atoms with van der Waals surface area (Å²) in [5.74, 6) is 0.522. The zero-order valence-electron chi connectivity index (χ0n) is 14.7. The van der Waals surface area contributed by atoms with Crippen LogP contribution in [0.15, 0.2) is 48.8 Å². The van der Waals surface area contributed by atoms with Crippen LogP contribution < -0.4 is 0 Å². The minimum absolute atomic E-state index is 0.152. The van der Waals surface area contributed by atoms with Gasteiger partial charge in [0.1, 0.15) is 5.82 Å². The summed E-state index contributed by atoms with van der Waals surface area (Å²) in [5.41, 5.74) is 4.69. The summed E-state index contributed by atoms with van der Waals surface area (Å²) in [7, 11) is 0. The molecule has 0 aliphatic heterocycles. The molecule has 5 heteroatoms. The molecule has 0 saturated carbocycles. The molecule has 0 N–H and O–H groups in total. The molecule has 2 heterocycles. The number of esters is 1. The Hall–Kier alpha value is -2.95. The van der Waals surface area contributed by atoms with E-state index in [0.717, 1.165) is 28.3 Å². The van der Waals surface area contributed by atoms with Gasteiger partial charge in [-0.1, -0.05) is 24.3 Å². The van der Waals surface area contributed by atoms with Gasteiger partial charge in [0.2, 0.25) is 0 Å². The van der Waals surface area contributed by atoms with Gasteiger partial charge in [-0.05, 0) is 38.5 Å². The van der Waals surface area contributed by atoms with Crippen molar-refractivity contribution in [3.63, 3.8) is 0 Å². The van der Waals surface area contributed by atoms with Gasteiger partial charge in [-0.3, -0.25) is 14.3 Å². The highest BCUT2D eigenvalue weighted by atomic mass is 16.5. The van der Waals surface area contributed by atoms with Crippen LogP contribution in [0.2, 0.25) is 0 Å². The van der Waals surface area contributed by atoms with E-state index < -0.39 is 0 Å². The number of carbonyl (C=O) groups is 1. The largest absolute Gasteiger partial charge is 0.466 e. The Bertz CT molecular complexity index is 882. The predicted octanol–water partition coefficient (Wildman–Crippen LogP) is 3.66. The molecule has 0 fully saturated rings. The van der Waals surface area contributed by atoms with Crippen LogP contribution in [0.1, 0.15) is 23.9 Å². The van der Waals surface area contributed by atoms with E-state index in [0.29, 0.717) is 12.3 Å². The SMILES string of the molecule is CCOC(=O)Cc1cn(-c2ccc(C)nc2)c(-c2ccccc2C)n1. The molecule has 0 atom stereocenters. The number of aryl methyl sites for hydroxylation is 2. The molecule has 128 valence electrons. The second-order valence-corrected chi connectivity index (χ2v) is 5.88. The fraction of sp³-hybridized carbons (Fsp3) is 0.250. The van der Waals surface area contributed by atoms with Crippen LogP contribution in [-0.4, -0.2) is 27.1 Å². The quantitative estimate of drug-likeness (QED) is 0.668. The number of imidazole rings is 1. The summed E-state index contributed by atoms with van der Waals surface area (Å²) in [5, 5.41) is 0. The van der Waals surface area contributed by atoms with Gasteiger partial charge in [0.05, 0.1) is 30.6 Å². The van der Waals surface area contributed by atoms with Crippen molar-refractivity contribution in [3.05, 3.63) is 65.7 Å². The minimum atomic E-state index is -0.273. The molecule has 0 amide bonds. The Labute approximate surface area is 147 Å². The molecular formula is C20H21N3O2. The monoisotopic (exact) mass is 335 g/mol. The lowest BCUT2D eigenvalue weighted by atomic mass is 10.1. The maximum absolute atomic E-state index is 11.8. The van der Waals surface area contributed by atoms with Gasteiger partial charge < -0.3 is 4.74 Å². The molecule has 0 aliphatic carbocycles. The van der Waals surface area contributed by atoms with E-state index >= 15 is 0 Å². The van der Waals surface area contributed by atoms with Crippen molar-refractivity contribution in [2.75, 3.05) is 6.61 Å². The van der Waals surface area contributed by atoms with Gasteiger partial charge >= 0.3 is 5.97 Å². The van der Waals surface area contributed by atoms with Crippen molar-refractivity contribution in [2.24, 2.45) is 0 Å². The Balaban J connectivity index is 2.08. The van der Waals surface area contributed by atoms with Crippen LogP contribution in [-0.2, 0) is 16.0 Å². The molecular weight excluding hydrogens is 314 g/mol. The van der Waals surface area contributed by atoms with E-state index in [1.807, 2.05) is 67.2 Å². The maximum atomic E-state index is 11.8. The normalized spacial score (nSPS) is 10.7. The molecule has 3 rings (SSSR count). The third kappa shape index (κ3) is 3.76. The Kier molecular flexibility index (Phi) is 4.93. The molecule has 0 saturated heterocycles. The average molecular weight is 335 g/mol. The lowest BCUT2D eigenvalue weighted by Crippen LogP contribution is -2.07. The van der Waals surface area contributed by atoms with E-state index in [1.165, 1.54) is 0 Å². The Morgan fingerprint density at radius 2 is 1.96 bits per heavy atom.